The van der Waals surface area contributed by atoms with Crippen molar-refractivity contribution < 1.29 is 18.7 Å². The largest absolute Gasteiger partial charge is 0.473 e. The van der Waals surface area contributed by atoms with Crippen molar-refractivity contribution in [1.29, 1.82) is 10.5 Å². The van der Waals surface area contributed by atoms with Crippen LogP contribution in [0.2, 0.25) is 0 Å². The van der Waals surface area contributed by atoms with Crippen LogP contribution in [0.25, 0.3) is 22.5 Å². The van der Waals surface area contributed by atoms with Gasteiger partial charge in [-0.2, -0.15) is 14.9 Å². The number of nitriles is 2. The van der Waals surface area contributed by atoms with Gasteiger partial charge in [-0.25, -0.2) is 39.5 Å². The normalized spacial score (nSPS) is 19.0. The molecule has 2 aliphatic rings. The Morgan fingerprint density at radius 2 is 1.42 bits per heavy atom. The number of carbonyl (C=O) groups is 2. The third-order valence-corrected chi connectivity index (χ3v) is 11.5. The Hall–Kier alpha value is -7.01. The number of thiazole rings is 2. The summed E-state index contributed by atoms with van der Waals surface area (Å²) in [5, 5.41) is 30.0. The van der Waals surface area contributed by atoms with Crippen LogP contribution in [0.4, 0.5) is 14.0 Å². The molecule has 0 saturated carbocycles. The van der Waals surface area contributed by atoms with Crippen molar-refractivity contribution in [3.63, 3.8) is 0 Å². The molecular formula is C41H29FN10O3S2. The number of hydrogen-bond donors (Lipinski definition) is 2. The Morgan fingerprint density at radius 1 is 0.772 bits per heavy atom. The lowest BCUT2D eigenvalue weighted by atomic mass is 9.89. The number of benzene rings is 2. The van der Waals surface area contributed by atoms with Crippen LogP contribution in [0.15, 0.2) is 99.7 Å². The Bertz CT molecular complexity index is 2700. The molecule has 13 nitrogen and oxygen atoms in total. The van der Waals surface area contributed by atoms with Gasteiger partial charge >= 0.3 is 12.1 Å². The van der Waals surface area contributed by atoms with Gasteiger partial charge in [0.25, 0.3) is 0 Å². The fraction of sp³-hybridized carbons (Fsp3) is 0.171. The zero-order valence-electron chi connectivity index (χ0n) is 30.2. The topological polar surface area (TPSA) is 191 Å². The molecule has 0 aliphatic carbocycles. The van der Waals surface area contributed by atoms with E-state index in [4.69, 9.17) is 19.7 Å². The highest BCUT2D eigenvalue weighted by molar-refractivity contribution is 7.10. The van der Waals surface area contributed by atoms with E-state index in [1.54, 1.807) is 68.4 Å². The molecule has 2 N–H and O–H groups in total. The lowest BCUT2D eigenvalue weighted by Gasteiger charge is -2.29. The molecular weight excluding hydrogens is 764 g/mol. The molecule has 16 heteroatoms. The van der Waals surface area contributed by atoms with Crippen molar-refractivity contribution in [1.82, 2.24) is 30.6 Å². The standard InChI is InChI=1S/C41H29FN10O3S2/c1-21-33(35(51-40(53)46-21)28-5-4-14-45-37(28)42)38-50-31(20-57-38)25-12-13-26(17-44)27(15-25)18-55-32-7-3-6-29(48-32)36-34(22(2)47-41(54)52-36)39-49-30(19-56-39)24-10-8-23(16-43)9-11-24/h3-15,19-20,33-36H,18H2,1-2H3,(H,51,53)(H,52,54). The van der Waals surface area contributed by atoms with Crippen LogP contribution in [0.1, 0.15) is 75.7 Å². The second-order valence-corrected chi connectivity index (χ2v) is 15.0. The maximum Gasteiger partial charge on any atom is 0.341 e. The first-order valence-corrected chi connectivity index (χ1v) is 19.3. The molecule has 2 aromatic carbocycles. The molecule has 280 valence electrons. The predicted molar refractivity (Wildman–Crippen MR) is 212 cm³/mol. The summed E-state index contributed by atoms with van der Waals surface area (Å²) >= 11 is 2.80. The van der Waals surface area contributed by atoms with E-state index in [1.165, 1.54) is 28.9 Å². The number of rotatable bonds is 9. The van der Waals surface area contributed by atoms with E-state index in [-0.39, 0.29) is 18.1 Å². The molecule has 8 rings (SSSR count). The number of aromatic nitrogens is 4. The minimum atomic E-state index is -0.753. The van der Waals surface area contributed by atoms with Crippen molar-refractivity contribution >= 4 is 46.2 Å². The summed E-state index contributed by atoms with van der Waals surface area (Å²) in [6.07, 6.45) is 1.35. The van der Waals surface area contributed by atoms with Gasteiger partial charge in [-0.05, 0) is 50.2 Å². The Balaban J connectivity index is 1.03. The number of urea groups is 2. The summed E-state index contributed by atoms with van der Waals surface area (Å²) < 4.78 is 21.0. The van der Waals surface area contributed by atoms with Crippen LogP contribution in [-0.2, 0) is 6.61 Å². The second kappa shape index (κ2) is 15.6. The van der Waals surface area contributed by atoms with Gasteiger partial charge in [-0.15, -0.1) is 22.7 Å². The maximum absolute atomic E-state index is 14.8. The Labute approximate surface area is 333 Å². The lowest BCUT2D eigenvalue weighted by molar-refractivity contribution is 0.241. The molecule has 4 atom stereocenters. The van der Waals surface area contributed by atoms with E-state index in [0.717, 1.165) is 21.8 Å². The molecule has 0 bridgehead atoms. The van der Waals surface area contributed by atoms with Crippen LogP contribution in [0.3, 0.4) is 0 Å². The molecule has 2 aliphatic heterocycles. The van der Waals surface area contributed by atoms with Crippen LogP contribution in [-0.4, -0.2) is 43.4 Å². The zero-order valence-corrected chi connectivity index (χ0v) is 31.8. The number of hydrogen-bond acceptors (Lipinski definition) is 11. The summed E-state index contributed by atoms with van der Waals surface area (Å²) in [4.78, 5) is 51.6. The maximum atomic E-state index is 14.8. The minimum absolute atomic E-state index is 0.00827. The highest BCUT2D eigenvalue weighted by atomic mass is 32.1. The summed E-state index contributed by atoms with van der Waals surface area (Å²) in [5.74, 6) is -1.32. The summed E-state index contributed by atoms with van der Waals surface area (Å²) in [6.45, 7) is 3.52. The van der Waals surface area contributed by atoms with Crippen LogP contribution in [0, 0.1) is 28.6 Å². The van der Waals surface area contributed by atoms with Crippen LogP contribution < -0.4 is 15.4 Å². The molecule has 6 heterocycles. The van der Waals surface area contributed by atoms with Crippen molar-refractivity contribution in [2.24, 2.45) is 9.98 Å². The van der Waals surface area contributed by atoms with Gasteiger partial charge in [0.2, 0.25) is 11.8 Å². The molecule has 0 spiro atoms. The number of amides is 4. The molecule has 0 fully saturated rings. The fourth-order valence-corrected chi connectivity index (χ4v) is 8.92. The monoisotopic (exact) mass is 792 g/mol. The number of nitrogens with zero attached hydrogens (tertiary/aromatic N) is 8. The molecule has 4 amide bonds. The lowest BCUT2D eigenvalue weighted by Crippen LogP contribution is -2.39. The zero-order chi connectivity index (χ0) is 39.6. The Morgan fingerprint density at radius 3 is 2.09 bits per heavy atom. The smallest absolute Gasteiger partial charge is 0.341 e. The van der Waals surface area contributed by atoms with Crippen molar-refractivity contribution in [3.8, 4) is 40.5 Å². The quantitative estimate of drug-likeness (QED) is 0.136. The first-order chi connectivity index (χ1) is 27.7. The fourth-order valence-electron chi connectivity index (χ4n) is 6.87. The molecule has 57 heavy (non-hydrogen) atoms. The molecule has 6 aromatic rings. The van der Waals surface area contributed by atoms with Gasteiger partial charge in [0.1, 0.15) is 16.6 Å². The third-order valence-electron chi connectivity index (χ3n) is 9.65. The third kappa shape index (κ3) is 7.51. The number of carbonyl (C=O) groups excluding carboxylic acids is 2. The van der Waals surface area contributed by atoms with E-state index < -0.39 is 41.9 Å². The van der Waals surface area contributed by atoms with Crippen LogP contribution in [0.5, 0.6) is 5.88 Å². The average Bonchev–Trinajstić information content (AvgIpc) is 3.91. The molecule has 4 aromatic heterocycles. The van der Waals surface area contributed by atoms with E-state index in [2.05, 4.69) is 37.7 Å². The summed E-state index contributed by atoms with van der Waals surface area (Å²) in [7, 11) is 0. The van der Waals surface area contributed by atoms with Crippen molar-refractivity contribution in [2.45, 2.75) is 44.4 Å². The molecule has 0 saturated heterocycles. The first-order valence-electron chi connectivity index (χ1n) is 17.6. The van der Waals surface area contributed by atoms with Gasteiger partial charge < -0.3 is 15.4 Å². The average molecular weight is 793 g/mol. The number of aliphatic imine (C=N–C) groups is 2. The second-order valence-electron chi connectivity index (χ2n) is 13.2. The van der Waals surface area contributed by atoms with Gasteiger partial charge in [0.05, 0.1) is 64.3 Å². The first kappa shape index (κ1) is 36.9. The Kier molecular flexibility index (Phi) is 10.1. The van der Waals surface area contributed by atoms with Gasteiger partial charge in [-0.3, -0.25) is 0 Å². The summed E-state index contributed by atoms with van der Waals surface area (Å²) in [6, 6.07) is 22.9. The highest BCUT2D eigenvalue weighted by Gasteiger charge is 2.38. The predicted octanol–water partition coefficient (Wildman–Crippen LogP) is 8.20. The van der Waals surface area contributed by atoms with Gasteiger partial charge in [0.15, 0.2) is 0 Å². The van der Waals surface area contributed by atoms with Crippen molar-refractivity contribution in [2.75, 3.05) is 0 Å². The van der Waals surface area contributed by atoms with E-state index in [1.807, 2.05) is 29.0 Å². The molecule has 0 radical (unpaired) electrons. The minimum Gasteiger partial charge on any atom is -0.473 e. The number of pyridine rings is 2. The van der Waals surface area contributed by atoms with E-state index >= 15 is 0 Å². The molecule has 4 unspecified atom stereocenters. The number of nitrogens with one attached hydrogen (secondary N) is 2. The number of halogens is 1. The van der Waals surface area contributed by atoms with Gasteiger partial charge in [0, 0.05) is 56.7 Å². The summed E-state index contributed by atoms with van der Waals surface area (Å²) in [5.41, 5.74) is 6.38. The van der Waals surface area contributed by atoms with E-state index in [9.17, 15) is 24.5 Å². The highest BCUT2D eigenvalue weighted by Crippen LogP contribution is 2.40. The van der Waals surface area contributed by atoms with Crippen molar-refractivity contribution in [3.05, 3.63) is 134 Å². The SMILES string of the molecule is CC1=NC(=O)NC(c2cccc(OCc3cc(-c4csc(C5C(C)=NC(=O)NC5c5cccnc5F)n4)ccc3C#N)n2)C1c1nc(-c2ccc(C#N)cc2)cs1. The van der Waals surface area contributed by atoms with Crippen LogP contribution >= 0.6 is 22.7 Å². The van der Waals surface area contributed by atoms with E-state index in [0.29, 0.717) is 44.5 Å². The van der Waals surface area contributed by atoms with Gasteiger partial charge in [-0.1, -0.05) is 30.3 Å². The number of ether oxygens (including phenoxy) is 1.